The number of nitrogens with zero attached hydrogens (tertiary/aromatic N) is 1. The van der Waals surface area contributed by atoms with Gasteiger partial charge in [-0.25, -0.2) is 5.43 Å². The van der Waals surface area contributed by atoms with Crippen LogP contribution < -0.4 is 5.43 Å². The first kappa shape index (κ1) is 13.6. The van der Waals surface area contributed by atoms with Crippen molar-refractivity contribution < 1.29 is 4.79 Å². The highest BCUT2D eigenvalue weighted by molar-refractivity contribution is 6.33. The minimum Gasteiger partial charge on any atom is -0.273 e. The summed E-state index contributed by atoms with van der Waals surface area (Å²) in [7, 11) is 0. The molecule has 3 rings (SSSR count). The molecule has 3 nitrogen and oxygen atoms in total. The average Bonchev–Trinajstić information content (AvgIpc) is 3.06. The van der Waals surface area contributed by atoms with E-state index in [0.29, 0.717) is 10.9 Å². The van der Waals surface area contributed by atoms with Gasteiger partial charge in [0.05, 0.1) is 6.21 Å². The summed E-state index contributed by atoms with van der Waals surface area (Å²) < 4.78 is 0. The van der Waals surface area contributed by atoms with E-state index >= 15 is 0 Å². The molecule has 0 bridgehead atoms. The third-order valence-electron chi connectivity index (χ3n) is 4.90. The van der Waals surface area contributed by atoms with Gasteiger partial charge in [-0.15, -0.1) is 0 Å². The van der Waals surface area contributed by atoms with Gasteiger partial charge in [0.25, 0.3) is 0 Å². The van der Waals surface area contributed by atoms with Crippen LogP contribution in [-0.2, 0) is 4.79 Å². The highest BCUT2D eigenvalue weighted by Crippen LogP contribution is 2.66. The summed E-state index contributed by atoms with van der Waals surface area (Å²) in [5.74, 6) is 0.767. The molecule has 0 heterocycles. The van der Waals surface area contributed by atoms with Crippen molar-refractivity contribution in [2.45, 2.75) is 32.6 Å². The Morgan fingerprint density at radius 1 is 1.45 bits per heavy atom. The number of carbonyl (C=O) groups excluding carboxylic acids is 1. The zero-order valence-corrected chi connectivity index (χ0v) is 12.4. The van der Waals surface area contributed by atoms with Crippen molar-refractivity contribution in [3.8, 4) is 0 Å². The minimum absolute atomic E-state index is 0.0581. The predicted octanol–water partition coefficient (Wildman–Crippen LogP) is 3.62. The molecule has 0 spiro atoms. The van der Waals surface area contributed by atoms with Gasteiger partial charge in [-0.05, 0) is 30.2 Å². The maximum Gasteiger partial charge on any atom is 0.244 e. The standard InChI is InChI=1S/C16H19ClN2O/c1-16-9-5-4-7-12(16)14(16)15(20)19-18-10-11-6-2-3-8-13(11)17/h2-3,6,8,10,12,14H,4-5,7,9H2,1H3,(H,19,20)/b18-10+/t12-,14+,16-/m0/s1. The molecule has 1 N–H and O–H groups in total. The molecule has 106 valence electrons. The lowest BCUT2D eigenvalue weighted by molar-refractivity contribution is -0.123. The first-order valence-corrected chi connectivity index (χ1v) is 7.58. The van der Waals surface area contributed by atoms with Crippen molar-refractivity contribution in [1.82, 2.24) is 5.43 Å². The fraction of sp³-hybridized carbons (Fsp3) is 0.500. The second-order valence-electron chi connectivity index (χ2n) is 6.09. The largest absolute Gasteiger partial charge is 0.273 e. The molecule has 0 radical (unpaired) electrons. The van der Waals surface area contributed by atoms with Crippen molar-refractivity contribution in [3.63, 3.8) is 0 Å². The van der Waals surface area contributed by atoms with E-state index in [1.165, 1.54) is 25.7 Å². The first-order valence-electron chi connectivity index (χ1n) is 7.20. The molecule has 1 amide bonds. The van der Waals surface area contributed by atoms with E-state index in [0.717, 1.165) is 5.56 Å². The first-order chi connectivity index (χ1) is 9.63. The van der Waals surface area contributed by atoms with E-state index in [9.17, 15) is 4.79 Å². The number of hydrogen-bond donors (Lipinski definition) is 1. The molecule has 2 aliphatic rings. The third-order valence-corrected chi connectivity index (χ3v) is 5.24. The molecule has 20 heavy (non-hydrogen) atoms. The fourth-order valence-electron chi connectivity index (χ4n) is 3.67. The van der Waals surface area contributed by atoms with Crippen LogP contribution in [0.3, 0.4) is 0 Å². The van der Waals surface area contributed by atoms with Crippen LogP contribution in [0.2, 0.25) is 5.02 Å². The molecular formula is C16H19ClN2O. The average molecular weight is 291 g/mol. The molecule has 2 fully saturated rings. The highest BCUT2D eigenvalue weighted by atomic mass is 35.5. The van der Waals surface area contributed by atoms with E-state index in [1.54, 1.807) is 12.3 Å². The molecule has 4 heteroatoms. The SMILES string of the molecule is C[C@]12CCCC[C@H]1[C@@H]2C(=O)N/N=C/c1ccccc1Cl. The number of nitrogens with one attached hydrogen (secondary N) is 1. The highest BCUT2D eigenvalue weighted by Gasteiger charge is 2.64. The smallest absolute Gasteiger partial charge is 0.244 e. The van der Waals surface area contributed by atoms with Crippen molar-refractivity contribution in [1.29, 1.82) is 0 Å². The number of halogens is 1. The summed E-state index contributed by atoms with van der Waals surface area (Å²) in [5.41, 5.74) is 3.71. The van der Waals surface area contributed by atoms with Crippen LogP contribution in [0.1, 0.15) is 38.2 Å². The fourth-order valence-corrected chi connectivity index (χ4v) is 3.85. The topological polar surface area (TPSA) is 41.5 Å². The van der Waals surface area contributed by atoms with E-state index < -0.39 is 0 Å². The van der Waals surface area contributed by atoms with E-state index in [1.807, 2.05) is 18.2 Å². The van der Waals surface area contributed by atoms with E-state index in [2.05, 4.69) is 17.5 Å². The summed E-state index contributed by atoms with van der Waals surface area (Å²) in [6.45, 7) is 2.23. The van der Waals surface area contributed by atoms with Gasteiger partial charge >= 0.3 is 0 Å². The molecule has 0 saturated heterocycles. The number of amides is 1. The maximum atomic E-state index is 12.2. The molecular weight excluding hydrogens is 272 g/mol. The number of carbonyl (C=O) groups is 1. The van der Waals surface area contributed by atoms with Crippen molar-refractivity contribution in [2.24, 2.45) is 22.4 Å². The molecule has 2 saturated carbocycles. The second-order valence-corrected chi connectivity index (χ2v) is 6.50. The number of hydrazone groups is 1. The van der Waals surface area contributed by atoms with Gasteiger partial charge in [-0.2, -0.15) is 5.10 Å². The summed E-state index contributed by atoms with van der Waals surface area (Å²) >= 11 is 6.03. The van der Waals surface area contributed by atoms with Gasteiger partial charge in [-0.1, -0.05) is 49.6 Å². The Balaban J connectivity index is 1.60. The molecule has 1 aromatic carbocycles. The molecule has 0 unspecified atom stereocenters. The Labute approximate surface area is 124 Å². The minimum atomic E-state index is 0.0581. The van der Waals surface area contributed by atoms with Crippen LogP contribution in [0.25, 0.3) is 0 Å². The quantitative estimate of drug-likeness (QED) is 0.670. The Hall–Kier alpha value is -1.35. The summed E-state index contributed by atoms with van der Waals surface area (Å²) in [6.07, 6.45) is 6.47. The van der Waals surface area contributed by atoms with Crippen molar-refractivity contribution in [3.05, 3.63) is 34.9 Å². The van der Waals surface area contributed by atoms with E-state index in [4.69, 9.17) is 11.6 Å². The Morgan fingerprint density at radius 2 is 2.25 bits per heavy atom. The van der Waals surface area contributed by atoms with Gasteiger partial charge in [0.15, 0.2) is 0 Å². The van der Waals surface area contributed by atoms with Crippen LogP contribution in [0, 0.1) is 17.3 Å². The lowest BCUT2D eigenvalue weighted by atomic mass is 9.90. The molecule has 3 atom stereocenters. The predicted molar refractivity (Wildman–Crippen MR) is 80.7 cm³/mol. The van der Waals surface area contributed by atoms with Crippen LogP contribution in [0.15, 0.2) is 29.4 Å². The van der Waals surface area contributed by atoms with Gasteiger partial charge in [0.2, 0.25) is 5.91 Å². The molecule has 1 aromatic rings. The van der Waals surface area contributed by atoms with Crippen molar-refractivity contribution in [2.75, 3.05) is 0 Å². The van der Waals surface area contributed by atoms with Crippen LogP contribution in [-0.4, -0.2) is 12.1 Å². The second kappa shape index (κ2) is 5.21. The van der Waals surface area contributed by atoms with Crippen molar-refractivity contribution >= 4 is 23.7 Å². The van der Waals surface area contributed by atoms with E-state index in [-0.39, 0.29) is 17.2 Å². The van der Waals surface area contributed by atoms with Crippen LogP contribution >= 0.6 is 11.6 Å². The van der Waals surface area contributed by atoms with Gasteiger partial charge in [0.1, 0.15) is 0 Å². The van der Waals surface area contributed by atoms with Gasteiger partial charge < -0.3 is 0 Å². The molecule has 0 aliphatic heterocycles. The zero-order chi connectivity index (χ0) is 14.2. The lowest BCUT2D eigenvalue weighted by Gasteiger charge is -2.15. The van der Waals surface area contributed by atoms with Crippen LogP contribution in [0.5, 0.6) is 0 Å². The number of benzene rings is 1. The summed E-state index contributed by atoms with van der Waals surface area (Å²) in [5, 5.41) is 4.68. The Bertz CT molecular complexity index is 557. The van der Waals surface area contributed by atoms with Gasteiger partial charge in [-0.3, -0.25) is 4.79 Å². The zero-order valence-electron chi connectivity index (χ0n) is 11.6. The summed E-state index contributed by atoms with van der Waals surface area (Å²) in [4.78, 5) is 12.2. The van der Waals surface area contributed by atoms with Gasteiger partial charge in [0, 0.05) is 16.5 Å². The Morgan fingerprint density at radius 3 is 2.95 bits per heavy atom. The molecule has 0 aromatic heterocycles. The Kier molecular flexibility index (Phi) is 3.55. The normalized spacial score (nSPS) is 31.9. The number of fused-ring (bicyclic) bond motifs is 1. The van der Waals surface area contributed by atoms with Crippen LogP contribution in [0.4, 0.5) is 0 Å². The number of rotatable bonds is 3. The molecule has 2 aliphatic carbocycles. The maximum absolute atomic E-state index is 12.2. The third kappa shape index (κ3) is 2.35. The lowest BCUT2D eigenvalue weighted by Crippen LogP contribution is -2.22. The monoisotopic (exact) mass is 290 g/mol. The number of hydrogen-bond acceptors (Lipinski definition) is 2. The summed E-state index contributed by atoms with van der Waals surface area (Å²) in [6, 6.07) is 7.44.